The minimum Gasteiger partial charge on any atom is -0.497 e. The van der Waals surface area contributed by atoms with Gasteiger partial charge in [0.05, 0.1) is 12.9 Å². The number of thioether (sulfide) groups is 1. The van der Waals surface area contributed by atoms with Gasteiger partial charge in [-0.3, -0.25) is 9.59 Å². The van der Waals surface area contributed by atoms with Crippen LogP contribution in [0.25, 0.3) is 0 Å². The molecule has 0 aliphatic heterocycles. The second kappa shape index (κ2) is 8.24. The van der Waals surface area contributed by atoms with Crippen molar-refractivity contribution in [3.05, 3.63) is 48.5 Å². The second-order valence-electron chi connectivity index (χ2n) is 4.77. The number of nitrogens with one attached hydrogen (secondary N) is 2. The maximum absolute atomic E-state index is 12.0. The van der Waals surface area contributed by atoms with E-state index in [1.54, 1.807) is 31.4 Å². The number of benzene rings is 2. The Hall–Kier alpha value is -2.47. The molecule has 0 aliphatic rings. The van der Waals surface area contributed by atoms with Gasteiger partial charge in [-0.25, -0.2) is 0 Å². The summed E-state index contributed by atoms with van der Waals surface area (Å²) in [5.41, 5.74) is 1.30. The summed E-state index contributed by atoms with van der Waals surface area (Å²) in [6.07, 6.45) is 0. The quantitative estimate of drug-likeness (QED) is 0.797. The van der Waals surface area contributed by atoms with Crippen molar-refractivity contribution in [2.45, 2.75) is 11.8 Å². The summed E-state index contributed by atoms with van der Waals surface area (Å²) in [7, 11) is 1.62. The smallest absolute Gasteiger partial charge is 0.234 e. The molecule has 0 radical (unpaired) electrons. The first kappa shape index (κ1) is 16.9. The van der Waals surface area contributed by atoms with Crippen LogP contribution in [0.3, 0.4) is 0 Å². The normalized spacial score (nSPS) is 10.0. The average Bonchev–Trinajstić information content (AvgIpc) is 2.53. The highest BCUT2D eigenvalue weighted by Crippen LogP contribution is 2.22. The van der Waals surface area contributed by atoms with Gasteiger partial charge in [-0.15, -0.1) is 11.8 Å². The Labute approximate surface area is 139 Å². The first-order chi connectivity index (χ1) is 11.1. The van der Waals surface area contributed by atoms with Crippen molar-refractivity contribution in [2.24, 2.45) is 0 Å². The van der Waals surface area contributed by atoms with Gasteiger partial charge in [0.25, 0.3) is 0 Å². The molecule has 0 bridgehead atoms. The molecule has 23 heavy (non-hydrogen) atoms. The van der Waals surface area contributed by atoms with Crippen LogP contribution in [0.4, 0.5) is 11.4 Å². The molecule has 2 aromatic rings. The molecule has 5 nitrogen and oxygen atoms in total. The van der Waals surface area contributed by atoms with Gasteiger partial charge in [0.1, 0.15) is 5.75 Å². The lowest BCUT2D eigenvalue weighted by atomic mass is 10.2. The minimum absolute atomic E-state index is 0.106. The first-order valence-corrected chi connectivity index (χ1v) is 8.00. The molecule has 2 N–H and O–H groups in total. The van der Waals surface area contributed by atoms with E-state index < -0.39 is 0 Å². The Morgan fingerprint density at radius 3 is 2.30 bits per heavy atom. The molecule has 0 saturated heterocycles. The number of anilines is 2. The number of methoxy groups -OCH3 is 1. The van der Waals surface area contributed by atoms with Crippen molar-refractivity contribution in [1.29, 1.82) is 0 Å². The maximum atomic E-state index is 12.0. The second-order valence-corrected chi connectivity index (χ2v) is 5.82. The van der Waals surface area contributed by atoms with Crippen LogP contribution in [-0.2, 0) is 9.59 Å². The summed E-state index contributed by atoms with van der Waals surface area (Å²) >= 11 is 1.44. The number of rotatable bonds is 6. The van der Waals surface area contributed by atoms with Gasteiger partial charge < -0.3 is 15.4 Å². The molecule has 0 fully saturated rings. The molecular weight excluding hydrogens is 312 g/mol. The third-order valence-corrected chi connectivity index (χ3v) is 3.91. The number of hydrogen-bond acceptors (Lipinski definition) is 4. The van der Waals surface area contributed by atoms with Crippen LogP contribution in [0.1, 0.15) is 6.92 Å². The third kappa shape index (κ3) is 5.67. The fourth-order valence-electron chi connectivity index (χ4n) is 1.90. The van der Waals surface area contributed by atoms with E-state index in [-0.39, 0.29) is 11.8 Å². The van der Waals surface area contributed by atoms with Crippen molar-refractivity contribution in [2.75, 3.05) is 23.5 Å². The molecule has 2 rings (SSSR count). The molecule has 2 amide bonds. The summed E-state index contributed by atoms with van der Waals surface area (Å²) in [4.78, 5) is 24.0. The predicted octanol–water partition coefficient (Wildman–Crippen LogP) is 3.38. The molecule has 2 aromatic carbocycles. The highest BCUT2D eigenvalue weighted by molar-refractivity contribution is 8.00. The highest BCUT2D eigenvalue weighted by Gasteiger charge is 2.05. The standard InChI is InChI=1S/C17H18N2O3S/c1-12(20)18-13-4-3-5-14(10-13)19-17(21)11-23-16-8-6-15(22-2)7-9-16/h3-10H,11H2,1-2H3,(H,18,20)(H,19,21). The minimum atomic E-state index is -0.150. The van der Waals surface area contributed by atoms with Crippen LogP contribution in [0.2, 0.25) is 0 Å². The van der Waals surface area contributed by atoms with Crippen LogP contribution in [-0.4, -0.2) is 24.7 Å². The Bertz CT molecular complexity index is 686. The number of amides is 2. The van der Waals surface area contributed by atoms with Crippen molar-refractivity contribution < 1.29 is 14.3 Å². The zero-order valence-electron chi connectivity index (χ0n) is 13.0. The largest absolute Gasteiger partial charge is 0.497 e. The van der Waals surface area contributed by atoms with E-state index in [0.29, 0.717) is 17.1 Å². The molecule has 0 heterocycles. The van der Waals surface area contributed by atoms with Crippen LogP contribution in [0.15, 0.2) is 53.4 Å². The van der Waals surface area contributed by atoms with Gasteiger partial charge in [-0.2, -0.15) is 0 Å². The molecule has 6 heteroatoms. The fourth-order valence-corrected chi connectivity index (χ4v) is 2.59. The monoisotopic (exact) mass is 330 g/mol. The van der Waals surface area contributed by atoms with E-state index in [2.05, 4.69) is 10.6 Å². The van der Waals surface area contributed by atoms with Crippen LogP contribution < -0.4 is 15.4 Å². The van der Waals surface area contributed by atoms with Gasteiger partial charge in [-0.1, -0.05) is 6.07 Å². The molecule has 0 aromatic heterocycles. The lowest BCUT2D eigenvalue weighted by Crippen LogP contribution is -2.14. The zero-order valence-corrected chi connectivity index (χ0v) is 13.8. The van der Waals surface area contributed by atoms with Crippen molar-refractivity contribution in [3.8, 4) is 5.75 Å². The Morgan fingerprint density at radius 1 is 1.04 bits per heavy atom. The van der Waals surface area contributed by atoms with Gasteiger partial charge in [0, 0.05) is 23.2 Å². The van der Waals surface area contributed by atoms with E-state index in [1.165, 1.54) is 18.7 Å². The topological polar surface area (TPSA) is 67.4 Å². The van der Waals surface area contributed by atoms with Crippen molar-refractivity contribution >= 4 is 35.0 Å². The summed E-state index contributed by atoms with van der Waals surface area (Å²) in [5, 5.41) is 5.49. The van der Waals surface area contributed by atoms with Crippen molar-refractivity contribution in [1.82, 2.24) is 0 Å². The summed E-state index contributed by atoms with van der Waals surface area (Å²) < 4.78 is 5.09. The van der Waals surface area contributed by atoms with Crippen LogP contribution >= 0.6 is 11.8 Å². The Balaban J connectivity index is 1.87. The SMILES string of the molecule is COc1ccc(SCC(=O)Nc2cccc(NC(C)=O)c2)cc1. The van der Waals surface area contributed by atoms with Crippen LogP contribution in [0.5, 0.6) is 5.75 Å². The molecule has 120 valence electrons. The summed E-state index contributed by atoms with van der Waals surface area (Å²) in [6, 6.07) is 14.6. The number of ether oxygens (including phenoxy) is 1. The van der Waals surface area contributed by atoms with E-state index >= 15 is 0 Å². The average molecular weight is 330 g/mol. The molecule has 0 spiro atoms. The Morgan fingerprint density at radius 2 is 1.70 bits per heavy atom. The van der Waals surface area contributed by atoms with Gasteiger partial charge in [0.2, 0.25) is 11.8 Å². The maximum Gasteiger partial charge on any atom is 0.234 e. The van der Waals surface area contributed by atoms with E-state index in [0.717, 1.165) is 10.6 Å². The summed E-state index contributed by atoms with van der Waals surface area (Å²) in [6.45, 7) is 1.44. The van der Waals surface area contributed by atoms with Gasteiger partial charge >= 0.3 is 0 Å². The van der Waals surface area contributed by atoms with E-state index in [1.807, 2.05) is 24.3 Å². The molecule has 0 unspecified atom stereocenters. The lowest BCUT2D eigenvalue weighted by Gasteiger charge is -2.08. The molecule has 0 saturated carbocycles. The number of hydrogen-bond donors (Lipinski definition) is 2. The first-order valence-electron chi connectivity index (χ1n) is 7.01. The Kier molecular flexibility index (Phi) is 6.05. The fraction of sp³-hybridized carbons (Fsp3) is 0.176. The highest BCUT2D eigenvalue weighted by atomic mass is 32.2. The lowest BCUT2D eigenvalue weighted by molar-refractivity contribution is -0.114. The molecular formula is C17H18N2O3S. The number of carbonyl (C=O) groups is 2. The summed E-state index contributed by atoms with van der Waals surface area (Å²) in [5.74, 6) is 0.833. The van der Waals surface area contributed by atoms with Gasteiger partial charge in [-0.05, 0) is 42.5 Å². The van der Waals surface area contributed by atoms with E-state index in [9.17, 15) is 9.59 Å². The van der Waals surface area contributed by atoms with Crippen LogP contribution in [0, 0.1) is 0 Å². The third-order valence-electron chi connectivity index (χ3n) is 2.90. The zero-order chi connectivity index (χ0) is 16.7. The molecule has 0 atom stereocenters. The predicted molar refractivity (Wildman–Crippen MR) is 93.1 cm³/mol. The molecule has 0 aliphatic carbocycles. The van der Waals surface area contributed by atoms with E-state index in [4.69, 9.17) is 4.74 Å². The van der Waals surface area contributed by atoms with Gasteiger partial charge in [0.15, 0.2) is 0 Å². The number of carbonyl (C=O) groups excluding carboxylic acids is 2. The van der Waals surface area contributed by atoms with Crippen molar-refractivity contribution in [3.63, 3.8) is 0 Å².